The van der Waals surface area contributed by atoms with Crippen molar-refractivity contribution in [2.45, 2.75) is 32.1 Å². The molecule has 2 unspecified atom stereocenters. The van der Waals surface area contributed by atoms with Gasteiger partial charge < -0.3 is 28.4 Å². The summed E-state index contributed by atoms with van der Waals surface area (Å²) in [6, 6.07) is 12.2. The summed E-state index contributed by atoms with van der Waals surface area (Å²) in [6.45, 7) is 4.29. The van der Waals surface area contributed by atoms with Crippen LogP contribution in [0, 0.1) is 6.92 Å². The zero-order valence-corrected chi connectivity index (χ0v) is 21.8. The lowest BCUT2D eigenvalue weighted by Gasteiger charge is -2.25. The molecule has 0 fully saturated rings. The van der Waals surface area contributed by atoms with Gasteiger partial charge in [0.15, 0.2) is 0 Å². The predicted molar refractivity (Wildman–Crippen MR) is 136 cm³/mol. The van der Waals surface area contributed by atoms with Gasteiger partial charge in [-0.15, -0.1) is 0 Å². The third-order valence-corrected chi connectivity index (χ3v) is 7.16. The summed E-state index contributed by atoms with van der Waals surface area (Å²) < 4.78 is 34.5. The minimum atomic E-state index is -0.0241. The van der Waals surface area contributed by atoms with E-state index >= 15 is 0 Å². The number of ether oxygens (including phenoxy) is 6. The van der Waals surface area contributed by atoms with E-state index in [4.69, 9.17) is 28.4 Å². The first-order chi connectivity index (χ1) is 16.9. The molecule has 0 spiro atoms. The summed E-state index contributed by atoms with van der Waals surface area (Å²) in [5.41, 5.74) is 6.74. The lowest BCUT2D eigenvalue weighted by molar-refractivity contribution is 0.387. The van der Waals surface area contributed by atoms with Crippen molar-refractivity contribution in [2.24, 2.45) is 0 Å². The first kappa shape index (κ1) is 24.6. The van der Waals surface area contributed by atoms with Crippen LogP contribution in [0.1, 0.15) is 52.1 Å². The van der Waals surface area contributed by atoms with E-state index in [1.807, 2.05) is 18.2 Å². The molecule has 186 valence electrons. The number of benzene rings is 3. The fourth-order valence-electron chi connectivity index (χ4n) is 5.33. The van der Waals surface area contributed by atoms with Crippen molar-refractivity contribution in [3.05, 3.63) is 69.8 Å². The smallest absolute Gasteiger partial charge is 0.126 e. The normalized spacial score (nSPS) is 16.5. The number of methoxy groups -OCH3 is 6. The van der Waals surface area contributed by atoms with Gasteiger partial charge in [-0.25, -0.2) is 0 Å². The highest BCUT2D eigenvalue weighted by Gasteiger charge is 2.34. The van der Waals surface area contributed by atoms with E-state index in [2.05, 4.69) is 32.0 Å². The molecule has 3 aromatic rings. The summed E-state index contributed by atoms with van der Waals surface area (Å²) >= 11 is 0. The Kier molecular flexibility index (Phi) is 7.01. The first-order valence-corrected chi connectivity index (χ1v) is 11.6. The largest absolute Gasteiger partial charge is 0.497 e. The maximum Gasteiger partial charge on any atom is 0.126 e. The SMILES string of the molecule is COc1cc(OC)c2c(c1)C(C)c1c(OC)cc(OC)cc1C(c1cc(OC)cc(OC)c1C)C2. The molecule has 35 heavy (non-hydrogen) atoms. The maximum absolute atomic E-state index is 5.92. The van der Waals surface area contributed by atoms with E-state index in [9.17, 15) is 0 Å². The topological polar surface area (TPSA) is 55.4 Å². The molecule has 0 radical (unpaired) electrons. The molecule has 0 saturated heterocycles. The van der Waals surface area contributed by atoms with Crippen LogP contribution in [0.4, 0.5) is 0 Å². The Labute approximate surface area is 207 Å². The van der Waals surface area contributed by atoms with Crippen LogP contribution in [0.5, 0.6) is 34.5 Å². The van der Waals surface area contributed by atoms with Crippen molar-refractivity contribution in [3.63, 3.8) is 0 Å². The van der Waals surface area contributed by atoms with Gasteiger partial charge in [-0.05, 0) is 59.4 Å². The van der Waals surface area contributed by atoms with Crippen LogP contribution in [-0.4, -0.2) is 42.7 Å². The van der Waals surface area contributed by atoms with Crippen LogP contribution < -0.4 is 28.4 Å². The number of rotatable bonds is 7. The molecule has 1 aliphatic rings. The van der Waals surface area contributed by atoms with Gasteiger partial charge in [-0.3, -0.25) is 0 Å². The Bertz CT molecular complexity index is 1230. The molecule has 0 N–H and O–H groups in total. The average molecular weight is 479 g/mol. The van der Waals surface area contributed by atoms with Crippen LogP contribution in [0.3, 0.4) is 0 Å². The van der Waals surface area contributed by atoms with Crippen molar-refractivity contribution in [1.82, 2.24) is 0 Å². The van der Waals surface area contributed by atoms with Gasteiger partial charge in [0.05, 0.1) is 42.7 Å². The molecule has 1 aliphatic carbocycles. The molecule has 0 heterocycles. The molecule has 4 rings (SSSR count). The van der Waals surface area contributed by atoms with Gasteiger partial charge in [0, 0.05) is 35.6 Å². The fraction of sp³-hybridized carbons (Fsp3) is 0.379. The van der Waals surface area contributed by atoms with Crippen LogP contribution in [0.2, 0.25) is 0 Å². The lowest BCUT2D eigenvalue weighted by atomic mass is 9.81. The molecule has 0 amide bonds. The highest BCUT2D eigenvalue weighted by Crippen LogP contribution is 2.51. The van der Waals surface area contributed by atoms with E-state index in [-0.39, 0.29) is 11.8 Å². The molecule has 6 nitrogen and oxygen atoms in total. The Balaban J connectivity index is 2.10. The van der Waals surface area contributed by atoms with Crippen molar-refractivity contribution in [1.29, 1.82) is 0 Å². The quantitative estimate of drug-likeness (QED) is 0.422. The van der Waals surface area contributed by atoms with Crippen molar-refractivity contribution in [3.8, 4) is 34.5 Å². The maximum atomic E-state index is 5.92. The second-order valence-corrected chi connectivity index (χ2v) is 8.75. The molecule has 6 heteroatoms. The van der Waals surface area contributed by atoms with Gasteiger partial charge >= 0.3 is 0 Å². The zero-order valence-electron chi connectivity index (χ0n) is 21.8. The van der Waals surface area contributed by atoms with Gasteiger partial charge in [0.25, 0.3) is 0 Å². The first-order valence-electron chi connectivity index (χ1n) is 11.6. The van der Waals surface area contributed by atoms with Crippen molar-refractivity contribution in [2.75, 3.05) is 42.7 Å². The second-order valence-electron chi connectivity index (χ2n) is 8.75. The number of hydrogen-bond donors (Lipinski definition) is 0. The van der Waals surface area contributed by atoms with Crippen LogP contribution in [-0.2, 0) is 6.42 Å². The lowest BCUT2D eigenvalue weighted by Crippen LogP contribution is -2.10. The molecule has 0 bridgehead atoms. The Hall–Kier alpha value is -3.54. The zero-order chi connectivity index (χ0) is 25.3. The molecule has 0 saturated carbocycles. The van der Waals surface area contributed by atoms with E-state index in [1.54, 1.807) is 42.7 Å². The summed E-state index contributed by atoms with van der Waals surface area (Å²) in [4.78, 5) is 0. The van der Waals surface area contributed by atoms with E-state index in [0.717, 1.165) is 67.9 Å². The van der Waals surface area contributed by atoms with Crippen molar-refractivity contribution >= 4 is 0 Å². The molecule has 2 atom stereocenters. The van der Waals surface area contributed by atoms with Gasteiger partial charge in [-0.2, -0.15) is 0 Å². The average Bonchev–Trinajstić information content (AvgIpc) is 3.02. The fourth-order valence-corrected chi connectivity index (χ4v) is 5.33. The van der Waals surface area contributed by atoms with Crippen LogP contribution >= 0.6 is 0 Å². The summed E-state index contributed by atoms with van der Waals surface area (Å²) in [5.74, 6) is 4.65. The minimum absolute atomic E-state index is 0.0241. The van der Waals surface area contributed by atoms with E-state index in [0.29, 0.717) is 6.42 Å². The molecule has 3 aromatic carbocycles. The van der Waals surface area contributed by atoms with Gasteiger partial charge in [0.1, 0.15) is 34.5 Å². The minimum Gasteiger partial charge on any atom is -0.497 e. The van der Waals surface area contributed by atoms with Gasteiger partial charge in [0.2, 0.25) is 0 Å². The third-order valence-electron chi connectivity index (χ3n) is 7.16. The van der Waals surface area contributed by atoms with E-state index < -0.39 is 0 Å². The van der Waals surface area contributed by atoms with E-state index in [1.165, 1.54) is 0 Å². The summed E-state index contributed by atoms with van der Waals surface area (Å²) in [7, 11) is 10.1. The Morgan fingerprint density at radius 2 is 1.06 bits per heavy atom. The standard InChI is InChI=1S/C29H34O6/c1-16-21(9-18(30-3)12-26(16)33-6)23-15-24-22(10-19(31-4)13-27(24)34-7)17(2)29-25(23)11-20(32-5)14-28(29)35-8/h9-14,17,23H,15H2,1-8H3. The highest BCUT2D eigenvalue weighted by molar-refractivity contribution is 5.62. The second kappa shape index (κ2) is 9.98. The highest BCUT2D eigenvalue weighted by atomic mass is 16.5. The number of fused-ring (bicyclic) bond motifs is 2. The third kappa shape index (κ3) is 4.22. The molecule has 0 aromatic heterocycles. The Morgan fingerprint density at radius 3 is 1.60 bits per heavy atom. The molecular weight excluding hydrogens is 444 g/mol. The predicted octanol–water partition coefficient (Wildman–Crippen LogP) is 5.89. The summed E-state index contributed by atoms with van der Waals surface area (Å²) in [6.07, 6.45) is 0.716. The monoisotopic (exact) mass is 478 g/mol. The number of hydrogen-bond acceptors (Lipinski definition) is 6. The molecule has 0 aliphatic heterocycles. The molecular formula is C29H34O6. The van der Waals surface area contributed by atoms with Crippen molar-refractivity contribution < 1.29 is 28.4 Å². The van der Waals surface area contributed by atoms with Crippen LogP contribution in [0.25, 0.3) is 0 Å². The van der Waals surface area contributed by atoms with Crippen LogP contribution in [0.15, 0.2) is 36.4 Å². The Morgan fingerprint density at radius 1 is 0.571 bits per heavy atom. The van der Waals surface area contributed by atoms with Gasteiger partial charge in [-0.1, -0.05) is 6.92 Å². The summed E-state index contributed by atoms with van der Waals surface area (Å²) in [5, 5.41) is 0.